The first-order valence-corrected chi connectivity index (χ1v) is 8.62. The fraction of sp³-hybridized carbons (Fsp3) is 0.462. The number of nitrogens with one attached hydrogen (secondary N) is 1. The lowest BCUT2D eigenvalue weighted by Crippen LogP contribution is -2.43. The van der Waals surface area contributed by atoms with Crippen LogP contribution in [-0.2, 0) is 14.8 Å². The molecule has 1 N–H and O–H groups in total. The van der Waals surface area contributed by atoms with Crippen molar-refractivity contribution in [3.05, 3.63) is 34.4 Å². The van der Waals surface area contributed by atoms with Crippen LogP contribution in [-0.4, -0.2) is 42.9 Å². The topological polar surface area (TPSA) is 110 Å². The number of non-ortho nitro benzene ring substituents is 1. The molecular weight excluding hydrogens is 310 g/mol. The minimum absolute atomic E-state index is 0.0566. The van der Waals surface area contributed by atoms with Crippen molar-refractivity contribution in [2.45, 2.75) is 12.8 Å². The summed E-state index contributed by atoms with van der Waals surface area (Å²) in [7, 11) is -3.30. The Morgan fingerprint density at radius 3 is 2.55 bits per heavy atom. The quantitative estimate of drug-likeness (QED) is 0.660. The first-order valence-electron chi connectivity index (χ1n) is 6.78. The van der Waals surface area contributed by atoms with Crippen molar-refractivity contribution in [3.8, 4) is 0 Å². The summed E-state index contributed by atoms with van der Waals surface area (Å²) in [5, 5.41) is 13.2. The second-order valence-electron chi connectivity index (χ2n) is 5.25. The Morgan fingerprint density at radius 1 is 1.36 bits per heavy atom. The molecule has 8 nitrogen and oxygen atoms in total. The van der Waals surface area contributed by atoms with Gasteiger partial charge in [0, 0.05) is 30.9 Å². The number of piperidine rings is 1. The van der Waals surface area contributed by atoms with Gasteiger partial charge in [-0.15, -0.1) is 0 Å². The van der Waals surface area contributed by atoms with Gasteiger partial charge in [-0.2, -0.15) is 0 Å². The smallest absolute Gasteiger partial charge is 0.269 e. The monoisotopic (exact) mass is 327 g/mol. The predicted molar refractivity (Wildman–Crippen MR) is 80.9 cm³/mol. The summed E-state index contributed by atoms with van der Waals surface area (Å²) < 4.78 is 24.4. The fourth-order valence-corrected chi connectivity index (χ4v) is 3.28. The van der Waals surface area contributed by atoms with E-state index in [1.165, 1.54) is 28.6 Å². The van der Waals surface area contributed by atoms with Crippen molar-refractivity contribution >= 4 is 27.3 Å². The number of carbonyl (C=O) groups is 1. The van der Waals surface area contributed by atoms with Gasteiger partial charge in [0.1, 0.15) is 0 Å². The van der Waals surface area contributed by atoms with Crippen molar-refractivity contribution in [1.29, 1.82) is 0 Å². The second-order valence-corrected chi connectivity index (χ2v) is 7.24. The molecule has 1 aromatic rings. The number of anilines is 1. The van der Waals surface area contributed by atoms with Gasteiger partial charge in [0.05, 0.1) is 17.1 Å². The second kappa shape index (κ2) is 6.41. The molecule has 0 aromatic heterocycles. The van der Waals surface area contributed by atoms with Crippen LogP contribution in [0.4, 0.5) is 11.4 Å². The SMILES string of the molecule is CS(=O)(=O)N1CCCC(C(=O)Nc2ccc([N+](=O)[O-])cc2)C1. The largest absolute Gasteiger partial charge is 0.326 e. The lowest BCUT2D eigenvalue weighted by molar-refractivity contribution is -0.384. The Balaban J connectivity index is 2.01. The van der Waals surface area contributed by atoms with E-state index >= 15 is 0 Å². The average Bonchev–Trinajstić information content (AvgIpc) is 2.47. The number of hydrogen-bond donors (Lipinski definition) is 1. The van der Waals surface area contributed by atoms with E-state index in [9.17, 15) is 23.3 Å². The maximum atomic E-state index is 12.2. The summed E-state index contributed by atoms with van der Waals surface area (Å²) in [6.45, 7) is 0.595. The van der Waals surface area contributed by atoms with Crippen molar-refractivity contribution in [2.24, 2.45) is 5.92 Å². The molecule has 9 heteroatoms. The van der Waals surface area contributed by atoms with Gasteiger partial charge in [0.15, 0.2) is 0 Å². The molecule has 0 saturated carbocycles. The third-order valence-electron chi connectivity index (χ3n) is 3.57. The fourth-order valence-electron chi connectivity index (χ4n) is 2.37. The zero-order valence-corrected chi connectivity index (χ0v) is 12.9. The Labute approximate surface area is 128 Å². The van der Waals surface area contributed by atoms with Gasteiger partial charge in [0.25, 0.3) is 5.69 Å². The molecule has 1 fully saturated rings. The molecule has 1 aromatic carbocycles. The van der Waals surface area contributed by atoms with E-state index in [1.807, 2.05) is 0 Å². The molecule has 120 valence electrons. The molecule has 1 atom stereocenters. The molecule has 22 heavy (non-hydrogen) atoms. The summed E-state index contributed by atoms with van der Waals surface area (Å²) >= 11 is 0. The highest BCUT2D eigenvalue weighted by molar-refractivity contribution is 7.88. The number of nitro benzene ring substituents is 1. The summed E-state index contributed by atoms with van der Waals surface area (Å²) in [6.07, 6.45) is 2.37. The number of sulfonamides is 1. The molecule has 0 bridgehead atoms. The van der Waals surface area contributed by atoms with E-state index < -0.39 is 20.9 Å². The Bertz CT molecular complexity index is 671. The van der Waals surface area contributed by atoms with E-state index in [4.69, 9.17) is 0 Å². The van der Waals surface area contributed by atoms with Gasteiger partial charge in [-0.05, 0) is 25.0 Å². The maximum absolute atomic E-state index is 12.2. The number of carbonyl (C=O) groups excluding carboxylic acids is 1. The Morgan fingerprint density at radius 2 is 2.00 bits per heavy atom. The summed E-state index contributed by atoms with van der Waals surface area (Å²) in [5.74, 6) is -0.694. The minimum Gasteiger partial charge on any atom is -0.326 e. The Kier molecular flexibility index (Phi) is 4.77. The maximum Gasteiger partial charge on any atom is 0.269 e. The third kappa shape index (κ3) is 4.01. The van der Waals surface area contributed by atoms with Crippen molar-refractivity contribution in [1.82, 2.24) is 4.31 Å². The van der Waals surface area contributed by atoms with Gasteiger partial charge >= 0.3 is 0 Å². The lowest BCUT2D eigenvalue weighted by Gasteiger charge is -2.30. The van der Waals surface area contributed by atoms with Crippen LogP contribution in [0.5, 0.6) is 0 Å². The third-order valence-corrected chi connectivity index (χ3v) is 4.84. The molecule has 1 amide bonds. The average molecular weight is 327 g/mol. The molecule has 1 aliphatic rings. The van der Waals surface area contributed by atoms with E-state index in [2.05, 4.69) is 5.32 Å². The standard InChI is InChI=1S/C13H17N3O5S/c1-22(20,21)15-8-2-3-10(9-15)13(17)14-11-4-6-12(7-5-11)16(18)19/h4-7,10H,2-3,8-9H2,1H3,(H,14,17). The number of rotatable bonds is 4. The van der Waals surface area contributed by atoms with E-state index in [0.29, 0.717) is 25.1 Å². The van der Waals surface area contributed by atoms with Crippen molar-refractivity contribution < 1.29 is 18.1 Å². The van der Waals surface area contributed by atoms with Crippen LogP contribution in [0.3, 0.4) is 0 Å². The number of nitrogens with zero attached hydrogens (tertiary/aromatic N) is 2. The highest BCUT2D eigenvalue weighted by Gasteiger charge is 2.30. The van der Waals surface area contributed by atoms with Crippen molar-refractivity contribution in [3.63, 3.8) is 0 Å². The molecule has 2 rings (SSSR count). The first-order chi connectivity index (χ1) is 10.3. The van der Waals surface area contributed by atoms with Crippen LogP contribution in [0.2, 0.25) is 0 Å². The van der Waals surface area contributed by atoms with E-state index in [0.717, 1.165) is 6.26 Å². The number of nitro groups is 1. The van der Waals surface area contributed by atoms with E-state index in [-0.39, 0.29) is 18.1 Å². The zero-order chi connectivity index (χ0) is 16.3. The normalized spacial score (nSPS) is 19.6. The summed E-state index contributed by atoms with van der Waals surface area (Å²) in [6, 6.07) is 5.51. The molecule has 1 unspecified atom stereocenters. The highest BCUT2D eigenvalue weighted by atomic mass is 32.2. The minimum atomic E-state index is -3.30. The van der Waals surface area contributed by atoms with Crippen LogP contribution in [0.15, 0.2) is 24.3 Å². The van der Waals surface area contributed by atoms with Crippen LogP contribution >= 0.6 is 0 Å². The van der Waals surface area contributed by atoms with Gasteiger partial charge in [-0.3, -0.25) is 14.9 Å². The van der Waals surface area contributed by atoms with Gasteiger partial charge < -0.3 is 5.32 Å². The summed E-state index contributed by atoms with van der Waals surface area (Å²) in [4.78, 5) is 22.2. The molecule has 0 radical (unpaired) electrons. The summed E-state index contributed by atoms with van der Waals surface area (Å²) in [5.41, 5.74) is 0.394. The molecule has 1 aliphatic heterocycles. The number of hydrogen-bond acceptors (Lipinski definition) is 5. The Hall–Kier alpha value is -2.00. The van der Waals surface area contributed by atoms with E-state index in [1.54, 1.807) is 0 Å². The zero-order valence-electron chi connectivity index (χ0n) is 12.1. The molecule has 0 spiro atoms. The lowest BCUT2D eigenvalue weighted by atomic mass is 9.98. The van der Waals surface area contributed by atoms with Gasteiger partial charge in [-0.25, -0.2) is 12.7 Å². The van der Waals surface area contributed by atoms with Crippen LogP contribution < -0.4 is 5.32 Å². The van der Waals surface area contributed by atoms with Gasteiger partial charge in [0.2, 0.25) is 15.9 Å². The predicted octanol–water partition coefficient (Wildman–Crippen LogP) is 1.20. The van der Waals surface area contributed by atoms with Gasteiger partial charge in [-0.1, -0.05) is 0 Å². The number of amides is 1. The van der Waals surface area contributed by atoms with Crippen LogP contribution in [0.1, 0.15) is 12.8 Å². The van der Waals surface area contributed by atoms with Crippen LogP contribution in [0.25, 0.3) is 0 Å². The number of benzene rings is 1. The molecule has 0 aliphatic carbocycles. The first kappa shape index (κ1) is 16.4. The highest BCUT2D eigenvalue weighted by Crippen LogP contribution is 2.21. The molecular formula is C13H17N3O5S. The van der Waals surface area contributed by atoms with Crippen LogP contribution in [0, 0.1) is 16.0 Å². The molecule has 1 heterocycles. The van der Waals surface area contributed by atoms with Crippen molar-refractivity contribution in [2.75, 3.05) is 24.7 Å². The molecule has 1 saturated heterocycles.